The third-order valence-electron chi connectivity index (χ3n) is 3.28. The van der Waals surface area contributed by atoms with Crippen molar-refractivity contribution in [1.29, 1.82) is 0 Å². The molecule has 2 aromatic carbocycles. The van der Waals surface area contributed by atoms with Crippen LogP contribution in [-0.2, 0) is 10.3 Å². The van der Waals surface area contributed by atoms with E-state index in [1.165, 1.54) is 23.9 Å². The van der Waals surface area contributed by atoms with E-state index in [4.69, 9.17) is 0 Å². The highest BCUT2D eigenvalue weighted by atomic mass is 32.2. The van der Waals surface area contributed by atoms with Gasteiger partial charge in [-0.3, -0.25) is 14.7 Å². The van der Waals surface area contributed by atoms with Crippen molar-refractivity contribution < 1.29 is 24.4 Å². The first-order valence-corrected chi connectivity index (χ1v) is 9.55. The molecule has 1 atom stereocenters. The Morgan fingerprint density at radius 1 is 1.25 bits per heavy atom. The number of aliphatic hydroxyl groups is 1. The summed E-state index contributed by atoms with van der Waals surface area (Å²) < 4.78 is 11.3. The van der Waals surface area contributed by atoms with E-state index in [1.54, 1.807) is 0 Å². The number of nitro groups is 1. The molecule has 0 aliphatic rings. The minimum absolute atomic E-state index is 0.143. The molecule has 0 amide bonds. The zero-order valence-corrected chi connectivity index (χ0v) is 14.4. The molecule has 2 aromatic rings. The van der Waals surface area contributed by atoms with E-state index >= 15 is 0 Å². The first-order chi connectivity index (χ1) is 11.2. The van der Waals surface area contributed by atoms with Gasteiger partial charge < -0.3 is 14.9 Å². The molecule has 0 aliphatic heterocycles. The number of hydrogen-bond donors (Lipinski definition) is 3. The van der Waals surface area contributed by atoms with Gasteiger partial charge in [0.1, 0.15) is 0 Å². The van der Waals surface area contributed by atoms with Gasteiger partial charge in [-0.1, -0.05) is 29.8 Å². The number of nitrogens with zero attached hydrogens (tertiary/aromatic N) is 1. The second-order valence-electron chi connectivity index (χ2n) is 5.22. The van der Waals surface area contributed by atoms with Gasteiger partial charge in [-0.15, -0.1) is 11.8 Å². The molecule has 9 heteroatoms. The molecular formula is C15H16NO6PS. The zero-order valence-electron chi connectivity index (χ0n) is 12.7. The average molecular weight is 369 g/mol. The summed E-state index contributed by atoms with van der Waals surface area (Å²) in [6.45, 7) is 1.95. The van der Waals surface area contributed by atoms with Crippen LogP contribution in [-0.4, -0.2) is 19.8 Å². The molecule has 0 aromatic heterocycles. The molecule has 0 fully saturated rings. The quantitative estimate of drug-likeness (QED) is 0.309. The van der Waals surface area contributed by atoms with Crippen molar-refractivity contribution >= 4 is 25.0 Å². The Kier molecular flexibility index (Phi) is 5.79. The highest BCUT2D eigenvalue weighted by Gasteiger charge is 2.31. The maximum absolute atomic E-state index is 11.3. The van der Waals surface area contributed by atoms with Crippen molar-refractivity contribution in [3.8, 4) is 0 Å². The van der Waals surface area contributed by atoms with Crippen LogP contribution < -0.4 is 0 Å². The van der Waals surface area contributed by atoms with E-state index in [1.807, 2.05) is 31.2 Å². The van der Waals surface area contributed by atoms with Crippen LogP contribution in [0.25, 0.3) is 0 Å². The topological polar surface area (TPSA) is 121 Å². The number of non-ortho nitro benzene ring substituents is 1. The molecule has 0 spiro atoms. The summed E-state index contributed by atoms with van der Waals surface area (Å²) in [5.41, 5.74) is 1.59. The van der Waals surface area contributed by atoms with Gasteiger partial charge in [0.2, 0.25) is 0 Å². The molecule has 0 saturated heterocycles. The predicted octanol–water partition coefficient (Wildman–Crippen LogP) is 3.36. The van der Waals surface area contributed by atoms with Crippen LogP contribution in [0, 0.1) is 17.0 Å². The Morgan fingerprint density at radius 2 is 1.96 bits per heavy atom. The molecule has 0 bridgehead atoms. The van der Waals surface area contributed by atoms with E-state index < -0.39 is 18.4 Å². The lowest BCUT2D eigenvalue weighted by atomic mass is 10.2. The van der Waals surface area contributed by atoms with Gasteiger partial charge in [-0.25, -0.2) is 0 Å². The molecule has 3 N–H and O–H groups in total. The van der Waals surface area contributed by atoms with Crippen LogP contribution in [0.3, 0.4) is 0 Å². The van der Waals surface area contributed by atoms with Crippen molar-refractivity contribution in [3.05, 3.63) is 69.3 Å². The lowest BCUT2D eigenvalue weighted by Crippen LogP contribution is -2.02. The summed E-state index contributed by atoms with van der Waals surface area (Å²) in [6, 6.07) is 11.4. The lowest BCUT2D eigenvalue weighted by Gasteiger charge is -2.16. The van der Waals surface area contributed by atoms with Gasteiger partial charge >= 0.3 is 7.60 Å². The minimum Gasteiger partial charge on any atom is -0.376 e. The number of hydrogen-bond acceptors (Lipinski definition) is 5. The fourth-order valence-corrected chi connectivity index (χ4v) is 3.79. The summed E-state index contributed by atoms with van der Waals surface area (Å²) in [7, 11) is -4.84. The highest BCUT2D eigenvalue weighted by molar-refractivity contribution is 7.98. The van der Waals surface area contributed by atoms with Crippen LogP contribution in [0.15, 0.2) is 47.4 Å². The van der Waals surface area contributed by atoms with Crippen molar-refractivity contribution in [2.24, 2.45) is 0 Å². The third-order valence-corrected chi connectivity index (χ3v) is 5.35. The monoisotopic (exact) mass is 369 g/mol. The van der Waals surface area contributed by atoms with Gasteiger partial charge in [-0.05, 0) is 18.6 Å². The van der Waals surface area contributed by atoms with E-state index in [-0.39, 0.29) is 11.3 Å². The second kappa shape index (κ2) is 7.46. The molecule has 0 aliphatic carbocycles. The number of thioether (sulfide) groups is 1. The SMILES string of the molecule is Cc1cccc(CSc2ccc([N+](=O)[O-])cc2C(O)P(=O)(O)O)c1. The number of rotatable bonds is 6. The standard InChI is InChI=1S/C15H16NO6PS/c1-10-3-2-4-11(7-10)9-24-14-6-5-12(16(18)19)8-13(14)15(17)23(20,21)22/h2-8,15,17H,9H2,1H3,(H2,20,21,22). The van der Waals surface area contributed by atoms with E-state index in [0.717, 1.165) is 17.2 Å². The van der Waals surface area contributed by atoms with Crippen LogP contribution in [0.4, 0.5) is 5.69 Å². The minimum atomic E-state index is -4.84. The maximum atomic E-state index is 11.3. The van der Waals surface area contributed by atoms with Crippen molar-refractivity contribution in [3.63, 3.8) is 0 Å². The third kappa shape index (κ3) is 4.66. The van der Waals surface area contributed by atoms with Gasteiger partial charge in [0, 0.05) is 28.3 Å². The number of nitro benzene ring substituents is 1. The molecule has 1 unspecified atom stereocenters. The van der Waals surface area contributed by atoms with Crippen LogP contribution in [0.1, 0.15) is 22.5 Å². The molecule has 2 rings (SSSR count). The molecule has 24 heavy (non-hydrogen) atoms. The Labute approximate surface area is 142 Å². The van der Waals surface area contributed by atoms with E-state index in [2.05, 4.69) is 0 Å². The molecular weight excluding hydrogens is 353 g/mol. The summed E-state index contributed by atoms with van der Waals surface area (Å²) in [5.74, 6) is -1.60. The largest absolute Gasteiger partial charge is 0.376 e. The first-order valence-electron chi connectivity index (χ1n) is 6.88. The van der Waals surface area contributed by atoms with E-state index in [0.29, 0.717) is 10.6 Å². The molecule has 0 radical (unpaired) electrons. The highest BCUT2D eigenvalue weighted by Crippen LogP contribution is 2.52. The Hall–Kier alpha value is -1.70. The maximum Gasteiger partial charge on any atom is 0.358 e. The summed E-state index contributed by atoms with van der Waals surface area (Å²) >= 11 is 1.25. The fraction of sp³-hybridized carbons (Fsp3) is 0.200. The Balaban J connectivity index is 2.34. The van der Waals surface area contributed by atoms with Crippen molar-refractivity contribution in [2.45, 2.75) is 23.4 Å². The molecule has 7 nitrogen and oxygen atoms in total. The van der Waals surface area contributed by atoms with Gasteiger partial charge in [0.25, 0.3) is 5.69 Å². The Morgan fingerprint density at radius 3 is 2.54 bits per heavy atom. The van der Waals surface area contributed by atoms with Crippen LogP contribution in [0.2, 0.25) is 0 Å². The fourth-order valence-electron chi connectivity index (χ4n) is 2.13. The zero-order chi connectivity index (χ0) is 17.9. The Bertz CT molecular complexity index is 806. The van der Waals surface area contributed by atoms with Crippen molar-refractivity contribution in [2.75, 3.05) is 0 Å². The van der Waals surface area contributed by atoms with Crippen LogP contribution in [0.5, 0.6) is 0 Å². The second-order valence-corrected chi connectivity index (χ2v) is 7.90. The average Bonchev–Trinajstić information content (AvgIpc) is 2.51. The normalized spacial score (nSPS) is 12.8. The molecule has 128 valence electrons. The first kappa shape index (κ1) is 18.6. The number of benzene rings is 2. The van der Waals surface area contributed by atoms with Crippen LogP contribution >= 0.6 is 19.4 Å². The summed E-state index contributed by atoms with van der Waals surface area (Å²) in [5, 5.41) is 20.8. The van der Waals surface area contributed by atoms with Gasteiger partial charge in [0.15, 0.2) is 5.85 Å². The molecule has 0 saturated carbocycles. The summed E-state index contributed by atoms with van der Waals surface area (Å²) in [6.07, 6.45) is 0. The molecule has 0 heterocycles. The smallest absolute Gasteiger partial charge is 0.358 e. The van der Waals surface area contributed by atoms with Gasteiger partial charge in [-0.2, -0.15) is 0 Å². The van der Waals surface area contributed by atoms with E-state index in [9.17, 15) is 29.6 Å². The van der Waals surface area contributed by atoms with Crippen molar-refractivity contribution in [1.82, 2.24) is 0 Å². The number of aryl methyl sites for hydroxylation is 1. The number of aliphatic hydroxyl groups excluding tert-OH is 1. The predicted molar refractivity (Wildman–Crippen MR) is 90.8 cm³/mol. The lowest BCUT2D eigenvalue weighted by molar-refractivity contribution is -0.385. The van der Waals surface area contributed by atoms with Gasteiger partial charge in [0.05, 0.1) is 4.92 Å². The summed E-state index contributed by atoms with van der Waals surface area (Å²) in [4.78, 5) is 29.0.